The van der Waals surface area contributed by atoms with Crippen molar-refractivity contribution in [2.24, 2.45) is 11.6 Å². The van der Waals surface area contributed by atoms with Crippen molar-refractivity contribution in [3.8, 4) is 0 Å². The fourth-order valence-corrected chi connectivity index (χ4v) is 2.47. The Labute approximate surface area is 114 Å². The Bertz CT molecular complexity index is 534. The number of pyridine rings is 1. The molecule has 4 N–H and O–H groups in total. The topological polar surface area (TPSA) is 71.4 Å². The fourth-order valence-electron chi connectivity index (χ4n) is 2.18. The van der Waals surface area contributed by atoms with Gasteiger partial charge in [0.15, 0.2) is 5.15 Å². The second-order valence-electron chi connectivity index (χ2n) is 4.27. The van der Waals surface area contributed by atoms with E-state index >= 15 is 0 Å². The van der Waals surface area contributed by atoms with Crippen molar-refractivity contribution in [2.75, 3.05) is 11.9 Å². The number of nitrogens with zero attached hydrogens (tertiary/aromatic N) is 3. The van der Waals surface area contributed by atoms with Gasteiger partial charge in [0.1, 0.15) is 0 Å². The second kappa shape index (κ2) is 4.82. The van der Waals surface area contributed by atoms with Crippen LogP contribution in [0.3, 0.4) is 0 Å². The second-order valence-corrected chi connectivity index (χ2v) is 4.63. The Hall–Kier alpha value is -1.60. The number of rotatable bonds is 2. The van der Waals surface area contributed by atoms with Crippen LogP contribution in [-0.4, -0.2) is 29.6 Å². The smallest absolute Gasteiger partial charge is 0.327 e. The fraction of sp³-hybridized carbons (Fsp3) is 0.364. The lowest BCUT2D eigenvalue weighted by molar-refractivity contribution is -0.00716. The molecule has 8 heteroatoms. The van der Waals surface area contributed by atoms with Gasteiger partial charge in [-0.05, 0) is 13.0 Å². The Morgan fingerprint density at radius 1 is 1.53 bits per heavy atom. The van der Waals surface area contributed by atoms with E-state index in [4.69, 9.17) is 23.2 Å². The van der Waals surface area contributed by atoms with E-state index in [1.165, 1.54) is 6.20 Å². The predicted molar refractivity (Wildman–Crippen MR) is 70.2 cm³/mol. The van der Waals surface area contributed by atoms with Gasteiger partial charge in [-0.25, -0.2) is 10.8 Å². The van der Waals surface area contributed by atoms with Crippen molar-refractivity contribution in [1.29, 1.82) is 0 Å². The van der Waals surface area contributed by atoms with Gasteiger partial charge in [0.2, 0.25) is 0 Å². The van der Waals surface area contributed by atoms with Crippen LogP contribution >= 0.6 is 11.6 Å². The minimum absolute atomic E-state index is 0.160. The molecule has 0 fully saturated rings. The van der Waals surface area contributed by atoms with Gasteiger partial charge in [0.05, 0.1) is 23.1 Å². The standard InChI is InChI=1S/C11H14ClF2N5/c1-5-8(19(16)11(13)14)7(15)6-3-4-17-10(12)9(6)18(5)2/h3-5,11H,15-16H2,1-2H3. The van der Waals surface area contributed by atoms with Gasteiger partial charge in [-0.3, -0.25) is 5.01 Å². The summed E-state index contributed by atoms with van der Waals surface area (Å²) >= 11 is 6.03. The molecule has 1 atom stereocenters. The zero-order valence-electron chi connectivity index (χ0n) is 10.4. The lowest BCUT2D eigenvalue weighted by atomic mass is 9.99. The number of hydrogen-bond donors (Lipinski definition) is 2. The van der Waals surface area contributed by atoms with E-state index < -0.39 is 12.6 Å². The van der Waals surface area contributed by atoms with Crippen LogP contribution in [0.1, 0.15) is 12.5 Å². The Kier molecular flexibility index (Phi) is 3.51. The van der Waals surface area contributed by atoms with Gasteiger partial charge in [-0.15, -0.1) is 0 Å². The van der Waals surface area contributed by atoms with Crippen molar-refractivity contribution in [3.05, 3.63) is 28.7 Å². The van der Waals surface area contributed by atoms with Crippen LogP contribution in [0.15, 0.2) is 18.0 Å². The maximum Gasteiger partial charge on any atom is 0.327 e. The Morgan fingerprint density at radius 3 is 2.74 bits per heavy atom. The van der Waals surface area contributed by atoms with Crippen molar-refractivity contribution < 1.29 is 8.78 Å². The summed E-state index contributed by atoms with van der Waals surface area (Å²) in [7, 11) is 1.73. The number of nitrogens with two attached hydrogens (primary N) is 2. The quantitative estimate of drug-likeness (QED) is 0.374. The van der Waals surface area contributed by atoms with E-state index in [2.05, 4.69) is 4.98 Å². The molecule has 0 saturated heterocycles. The van der Waals surface area contributed by atoms with Crippen molar-refractivity contribution >= 4 is 23.0 Å². The van der Waals surface area contributed by atoms with Crippen LogP contribution in [0, 0.1) is 0 Å². The van der Waals surface area contributed by atoms with Crippen LogP contribution < -0.4 is 16.5 Å². The molecule has 1 aliphatic heterocycles. The van der Waals surface area contributed by atoms with E-state index in [9.17, 15) is 8.78 Å². The molecule has 1 unspecified atom stereocenters. The third-order valence-corrected chi connectivity index (χ3v) is 3.54. The minimum atomic E-state index is -2.83. The maximum absolute atomic E-state index is 12.8. The van der Waals surface area contributed by atoms with Crippen molar-refractivity contribution in [3.63, 3.8) is 0 Å². The Morgan fingerprint density at radius 2 is 2.16 bits per heavy atom. The summed E-state index contributed by atoms with van der Waals surface area (Å²) in [6.07, 6.45) is 1.47. The van der Waals surface area contributed by atoms with Crippen molar-refractivity contribution in [2.45, 2.75) is 19.5 Å². The van der Waals surface area contributed by atoms with Crippen molar-refractivity contribution in [1.82, 2.24) is 9.99 Å². The molecule has 0 spiro atoms. The number of likely N-dealkylation sites (N-methyl/N-ethyl adjacent to an activating group) is 1. The molecule has 2 heterocycles. The summed E-state index contributed by atoms with van der Waals surface area (Å²) in [5.41, 5.74) is 7.47. The summed E-state index contributed by atoms with van der Waals surface area (Å²) in [5, 5.41) is 0.655. The summed E-state index contributed by atoms with van der Waals surface area (Å²) in [6, 6.07) is 1.19. The van der Waals surface area contributed by atoms with Gasteiger partial charge in [0, 0.05) is 18.8 Å². The highest BCUT2D eigenvalue weighted by Crippen LogP contribution is 2.39. The molecule has 5 nitrogen and oxygen atoms in total. The molecule has 1 aliphatic rings. The summed E-state index contributed by atoms with van der Waals surface area (Å²) in [4.78, 5) is 5.69. The predicted octanol–water partition coefficient (Wildman–Crippen LogP) is 1.60. The lowest BCUT2D eigenvalue weighted by Crippen LogP contribution is -2.47. The molecule has 0 aliphatic carbocycles. The highest BCUT2D eigenvalue weighted by atomic mass is 35.5. The monoisotopic (exact) mass is 289 g/mol. The van der Waals surface area contributed by atoms with Crippen LogP contribution in [0.4, 0.5) is 14.5 Å². The molecule has 0 amide bonds. The number of hydrazine groups is 1. The minimum Gasteiger partial charge on any atom is -0.397 e. The molecule has 1 aromatic heterocycles. The van der Waals surface area contributed by atoms with E-state index in [0.717, 1.165) is 0 Å². The molecule has 1 aromatic rings. The van der Waals surface area contributed by atoms with Gasteiger partial charge < -0.3 is 10.6 Å². The van der Waals surface area contributed by atoms with Gasteiger partial charge >= 0.3 is 6.55 Å². The normalized spacial score (nSPS) is 18.9. The first-order chi connectivity index (χ1) is 8.86. The van der Waals surface area contributed by atoms with E-state index in [1.54, 1.807) is 24.9 Å². The van der Waals surface area contributed by atoms with Crippen LogP contribution in [0.5, 0.6) is 0 Å². The average molecular weight is 290 g/mol. The van der Waals surface area contributed by atoms with Gasteiger partial charge in [0.25, 0.3) is 0 Å². The highest BCUT2D eigenvalue weighted by molar-refractivity contribution is 6.32. The van der Waals surface area contributed by atoms with E-state index in [0.29, 0.717) is 16.3 Å². The van der Waals surface area contributed by atoms with E-state index in [-0.39, 0.29) is 16.5 Å². The third kappa shape index (κ3) is 2.08. The summed E-state index contributed by atoms with van der Waals surface area (Å²) in [5.74, 6) is 5.40. The molecule has 2 rings (SSSR count). The molecular weight excluding hydrogens is 276 g/mol. The number of halogens is 3. The first-order valence-corrected chi connectivity index (χ1v) is 5.93. The largest absolute Gasteiger partial charge is 0.397 e. The maximum atomic E-state index is 12.8. The number of aromatic nitrogens is 1. The van der Waals surface area contributed by atoms with Crippen LogP contribution in [-0.2, 0) is 0 Å². The van der Waals surface area contributed by atoms with Gasteiger partial charge in [-0.2, -0.15) is 8.78 Å². The average Bonchev–Trinajstić information content (AvgIpc) is 2.35. The number of anilines is 1. The zero-order valence-corrected chi connectivity index (χ0v) is 11.2. The molecular formula is C11H14ClF2N5. The first-order valence-electron chi connectivity index (χ1n) is 5.55. The SMILES string of the molecule is CC1C(N(N)C(F)F)=C(N)c2ccnc(Cl)c2N1C. The highest BCUT2D eigenvalue weighted by Gasteiger charge is 2.33. The third-order valence-electron chi connectivity index (χ3n) is 3.26. The summed E-state index contributed by atoms with van der Waals surface area (Å²) < 4.78 is 25.6. The van der Waals surface area contributed by atoms with Crippen LogP contribution in [0.25, 0.3) is 5.70 Å². The first kappa shape index (κ1) is 13.8. The summed E-state index contributed by atoms with van der Waals surface area (Å²) in [6.45, 7) is -1.11. The number of alkyl halides is 2. The Balaban J connectivity index is 2.65. The van der Waals surface area contributed by atoms with Crippen LogP contribution in [0.2, 0.25) is 5.15 Å². The molecule has 0 bridgehead atoms. The lowest BCUT2D eigenvalue weighted by Gasteiger charge is -2.39. The molecule has 0 aromatic carbocycles. The molecule has 0 saturated carbocycles. The zero-order chi connectivity index (χ0) is 14.3. The van der Waals surface area contributed by atoms with E-state index in [1.807, 2.05) is 0 Å². The van der Waals surface area contributed by atoms with Gasteiger partial charge in [-0.1, -0.05) is 11.6 Å². The molecule has 19 heavy (non-hydrogen) atoms. The number of fused-ring (bicyclic) bond motifs is 1. The number of hydrogen-bond acceptors (Lipinski definition) is 5. The molecule has 0 radical (unpaired) electrons. The molecule has 104 valence electrons.